The van der Waals surface area contributed by atoms with Gasteiger partial charge in [0.15, 0.2) is 0 Å². The van der Waals surface area contributed by atoms with Crippen molar-refractivity contribution < 1.29 is 14.3 Å². The lowest BCUT2D eigenvalue weighted by Gasteiger charge is -2.10. The van der Waals surface area contributed by atoms with E-state index in [1.54, 1.807) is 30.3 Å². The molecule has 1 aromatic rings. The fourth-order valence-electron chi connectivity index (χ4n) is 2.34. The van der Waals surface area contributed by atoms with E-state index in [2.05, 4.69) is 22.4 Å². The maximum absolute atomic E-state index is 11.7. The summed E-state index contributed by atoms with van der Waals surface area (Å²) in [6.45, 7) is 4.02. The molecule has 0 heterocycles. The van der Waals surface area contributed by atoms with Gasteiger partial charge in [0.2, 0.25) is 0 Å². The smallest absolute Gasteiger partial charge is 0.329 e. The van der Waals surface area contributed by atoms with Crippen LogP contribution in [0.4, 0.5) is 0 Å². The van der Waals surface area contributed by atoms with Gasteiger partial charge in [0.05, 0.1) is 6.21 Å². The summed E-state index contributed by atoms with van der Waals surface area (Å²) in [6.07, 6.45) is 7.19. The first-order valence-corrected chi connectivity index (χ1v) is 7.66. The lowest BCUT2D eigenvalue weighted by Crippen LogP contribution is -2.42. The van der Waals surface area contributed by atoms with Crippen LogP contribution in [0.5, 0.6) is 5.75 Å². The molecule has 1 fully saturated rings. The average molecular weight is 315 g/mol. The highest BCUT2D eigenvalue weighted by Crippen LogP contribution is 2.17. The molecule has 0 unspecified atom stereocenters. The summed E-state index contributed by atoms with van der Waals surface area (Å²) in [4.78, 5) is 23.3. The van der Waals surface area contributed by atoms with Gasteiger partial charge in [-0.15, -0.1) is 0 Å². The number of carbonyl (C=O) groups excluding carboxylic acids is 2. The molecule has 0 bridgehead atoms. The molecule has 122 valence electrons. The molecule has 0 atom stereocenters. The van der Waals surface area contributed by atoms with Gasteiger partial charge in [-0.1, -0.05) is 25.5 Å². The van der Waals surface area contributed by atoms with Crippen LogP contribution in [0.25, 0.3) is 0 Å². The fraction of sp³-hybridized carbons (Fsp3) is 0.353. The highest BCUT2D eigenvalue weighted by atomic mass is 16.5. The zero-order chi connectivity index (χ0) is 16.5. The molecule has 2 rings (SSSR count). The summed E-state index contributed by atoms with van der Waals surface area (Å²) >= 11 is 0. The van der Waals surface area contributed by atoms with E-state index in [1.165, 1.54) is 6.21 Å². The van der Waals surface area contributed by atoms with Gasteiger partial charge in [-0.3, -0.25) is 9.59 Å². The fourth-order valence-corrected chi connectivity index (χ4v) is 2.34. The Balaban J connectivity index is 1.77. The molecule has 1 aliphatic rings. The average Bonchev–Trinajstić information content (AvgIpc) is 3.07. The summed E-state index contributed by atoms with van der Waals surface area (Å²) in [5.74, 6) is -0.664. The first-order valence-electron chi connectivity index (χ1n) is 7.66. The van der Waals surface area contributed by atoms with E-state index in [-0.39, 0.29) is 6.04 Å². The van der Waals surface area contributed by atoms with Crippen LogP contribution >= 0.6 is 0 Å². The number of hydrogen-bond donors (Lipinski definition) is 2. The highest BCUT2D eigenvalue weighted by molar-refractivity contribution is 6.35. The molecule has 0 aromatic heterocycles. The monoisotopic (exact) mass is 315 g/mol. The van der Waals surface area contributed by atoms with Crippen molar-refractivity contribution in [2.45, 2.75) is 31.7 Å². The minimum absolute atomic E-state index is 0.111. The van der Waals surface area contributed by atoms with E-state index in [0.717, 1.165) is 37.0 Å². The number of rotatable bonds is 6. The Labute approximate surface area is 135 Å². The zero-order valence-corrected chi connectivity index (χ0v) is 13.0. The number of nitrogens with one attached hydrogen (secondary N) is 2. The summed E-state index contributed by atoms with van der Waals surface area (Å²) < 4.78 is 5.36. The maximum Gasteiger partial charge on any atom is 0.329 e. The second-order valence-corrected chi connectivity index (χ2v) is 5.32. The predicted molar refractivity (Wildman–Crippen MR) is 88.3 cm³/mol. The Kier molecular flexibility index (Phi) is 6.35. The normalized spacial score (nSPS) is 14.6. The molecule has 2 amide bonds. The molecular weight excluding hydrogens is 294 g/mol. The van der Waals surface area contributed by atoms with Crippen LogP contribution in [0.2, 0.25) is 0 Å². The summed E-state index contributed by atoms with van der Waals surface area (Å²) in [6, 6.07) is 7.29. The Morgan fingerprint density at radius 2 is 1.91 bits per heavy atom. The van der Waals surface area contributed by atoms with Gasteiger partial charge in [0.25, 0.3) is 0 Å². The topological polar surface area (TPSA) is 79.8 Å². The van der Waals surface area contributed by atoms with Gasteiger partial charge in [-0.25, -0.2) is 5.43 Å². The van der Waals surface area contributed by atoms with Gasteiger partial charge in [-0.05, 0) is 42.7 Å². The van der Waals surface area contributed by atoms with Gasteiger partial charge in [-0.2, -0.15) is 5.10 Å². The molecule has 1 aliphatic carbocycles. The lowest BCUT2D eigenvalue weighted by atomic mass is 10.2. The largest absolute Gasteiger partial charge is 0.490 e. The molecule has 23 heavy (non-hydrogen) atoms. The van der Waals surface area contributed by atoms with Crippen molar-refractivity contribution >= 4 is 18.0 Å². The second kappa shape index (κ2) is 8.73. The van der Waals surface area contributed by atoms with Crippen LogP contribution in [-0.2, 0) is 9.59 Å². The van der Waals surface area contributed by atoms with E-state index < -0.39 is 11.8 Å². The van der Waals surface area contributed by atoms with Gasteiger partial charge >= 0.3 is 11.8 Å². The maximum atomic E-state index is 11.7. The van der Waals surface area contributed by atoms with E-state index in [9.17, 15) is 9.59 Å². The standard InChI is InChI=1S/C17H21N3O3/c1-2-11-23-15-9-7-13(8-10-15)12-18-20-17(22)16(21)19-14-5-3-4-6-14/h2,7-10,12,14H,1,3-6,11H2,(H,19,21)(H,20,22)/b18-12-. The number of amides is 2. The van der Waals surface area contributed by atoms with Gasteiger partial charge < -0.3 is 10.1 Å². The van der Waals surface area contributed by atoms with Gasteiger partial charge in [0.1, 0.15) is 12.4 Å². The molecule has 0 spiro atoms. The predicted octanol–water partition coefficient (Wildman–Crippen LogP) is 1.76. The Hall–Kier alpha value is -2.63. The Morgan fingerprint density at radius 3 is 2.57 bits per heavy atom. The summed E-state index contributed by atoms with van der Waals surface area (Å²) in [7, 11) is 0. The molecule has 0 radical (unpaired) electrons. The minimum Gasteiger partial charge on any atom is -0.490 e. The Bertz CT molecular complexity index is 575. The number of nitrogens with zero attached hydrogens (tertiary/aromatic N) is 1. The summed E-state index contributed by atoms with van der Waals surface area (Å²) in [5.41, 5.74) is 3.01. The van der Waals surface area contributed by atoms with E-state index in [0.29, 0.717) is 6.61 Å². The molecule has 0 aliphatic heterocycles. The van der Waals surface area contributed by atoms with Crippen LogP contribution in [-0.4, -0.2) is 30.7 Å². The number of benzene rings is 1. The highest BCUT2D eigenvalue weighted by Gasteiger charge is 2.20. The summed E-state index contributed by atoms with van der Waals surface area (Å²) in [5, 5.41) is 6.49. The first kappa shape index (κ1) is 16.7. The first-order chi connectivity index (χ1) is 11.2. The Morgan fingerprint density at radius 1 is 1.22 bits per heavy atom. The third-order valence-corrected chi connectivity index (χ3v) is 3.52. The zero-order valence-electron chi connectivity index (χ0n) is 13.0. The molecule has 6 nitrogen and oxygen atoms in total. The van der Waals surface area contributed by atoms with E-state index in [4.69, 9.17) is 4.74 Å². The van der Waals surface area contributed by atoms with Crippen molar-refractivity contribution in [2.75, 3.05) is 6.61 Å². The number of ether oxygens (including phenoxy) is 1. The lowest BCUT2D eigenvalue weighted by molar-refractivity contribution is -0.139. The van der Waals surface area contributed by atoms with Crippen molar-refractivity contribution in [3.63, 3.8) is 0 Å². The molecular formula is C17H21N3O3. The van der Waals surface area contributed by atoms with Crippen LogP contribution < -0.4 is 15.5 Å². The number of hydrogen-bond acceptors (Lipinski definition) is 4. The third-order valence-electron chi connectivity index (χ3n) is 3.52. The van der Waals surface area contributed by atoms with Crippen LogP contribution in [0, 0.1) is 0 Å². The number of hydrazone groups is 1. The van der Waals surface area contributed by atoms with Gasteiger partial charge in [0, 0.05) is 6.04 Å². The van der Waals surface area contributed by atoms with Crippen LogP contribution in [0.15, 0.2) is 42.0 Å². The van der Waals surface area contributed by atoms with Crippen molar-refractivity contribution in [3.8, 4) is 5.75 Å². The van der Waals surface area contributed by atoms with E-state index >= 15 is 0 Å². The minimum atomic E-state index is -0.751. The molecule has 1 saturated carbocycles. The van der Waals surface area contributed by atoms with Crippen molar-refractivity contribution in [1.82, 2.24) is 10.7 Å². The van der Waals surface area contributed by atoms with Crippen LogP contribution in [0.3, 0.4) is 0 Å². The second-order valence-electron chi connectivity index (χ2n) is 5.32. The van der Waals surface area contributed by atoms with Crippen LogP contribution in [0.1, 0.15) is 31.2 Å². The molecule has 1 aromatic carbocycles. The number of carbonyl (C=O) groups is 2. The van der Waals surface area contributed by atoms with Crippen molar-refractivity contribution in [2.24, 2.45) is 5.10 Å². The molecule has 0 saturated heterocycles. The quantitative estimate of drug-likeness (QED) is 0.363. The third kappa shape index (κ3) is 5.58. The van der Waals surface area contributed by atoms with E-state index in [1.807, 2.05) is 0 Å². The molecule has 6 heteroatoms. The molecule has 2 N–H and O–H groups in total. The SMILES string of the molecule is C=CCOc1ccc(/C=N\NC(=O)C(=O)NC2CCCC2)cc1. The van der Waals surface area contributed by atoms with Crippen molar-refractivity contribution in [1.29, 1.82) is 0 Å². The van der Waals surface area contributed by atoms with Crippen molar-refractivity contribution in [3.05, 3.63) is 42.5 Å².